The van der Waals surface area contributed by atoms with Gasteiger partial charge in [0.15, 0.2) is 0 Å². The number of amides is 1. The smallest absolute Gasteiger partial charge is 0.274 e. The average molecular weight is 370 g/mol. The molecule has 0 saturated heterocycles. The SMILES string of the molecule is CCC(C)Nc1cc(C(=O)Nc2ccc(N(CC)CC)cc2C)nc(C)n1. The molecule has 0 aliphatic heterocycles. The van der Waals surface area contributed by atoms with E-state index in [9.17, 15) is 4.79 Å². The molecule has 1 atom stereocenters. The van der Waals surface area contributed by atoms with Crippen LogP contribution < -0.4 is 15.5 Å². The topological polar surface area (TPSA) is 70.2 Å². The standard InChI is InChI=1S/C21H31N5O/c1-7-15(5)22-20-13-19(23-16(6)24-20)21(27)25-18-11-10-17(12-14(18)4)26(8-2)9-3/h10-13,15H,7-9H2,1-6H3,(H,25,27)(H,22,23,24). The van der Waals surface area contributed by atoms with Crippen LogP contribution in [-0.2, 0) is 0 Å². The highest BCUT2D eigenvalue weighted by molar-refractivity contribution is 6.03. The van der Waals surface area contributed by atoms with Gasteiger partial charge in [-0.15, -0.1) is 0 Å². The minimum atomic E-state index is -0.230. The number of aryl methyl sites for hydroxylation is 2. The number of hydrogen-bond donors (Lipinski definition) is 2. The summed E-state index contributed by atoms with van der Waals surface area (Å²) in [5.74, 6) is 1.02. The van der Waals surface area contributed by atoms with Crippen LogP contribution in [0.2, 0.25) is 0 Å². The van der Waals surface area contributed by atoms with Crippen molar-refractivity contribution < 1.29 is 4.79 Å². The van der Waals surface area contributed by atoms with E-state index < -0.39 is 0 Å². The second-order valence-corrected chi connectivity index (χ2v) is 6.76. The first-order valence-electron chi connectivity index (χ1n) is 9.67. The van der Waals surface area contributed by atoms with Gasteiger partial charge in [-0.1, -0.05) is 6.92 Å². The van der Waals surface area contributed by atoms with Crippen LogP contribution in [0.25, 0.3) is 0 Å². The average Bonchev–Trinajstić information content (AvgIpc) is 2.64. The molecule has 1 aromatic carbocycles. The molecule has 6 heteroatoms. The lowest BCUT2D eigenvalue weighted by atomic mass is 10.1. The first-order chi connectivity index (χ1) is 12.9. The van der Waals surface area contributed by atoms with E-state index in [0.717, 1.165) is 36.4 Å². The number of rotatable bonds is 8. The Morgan fingerprint density at radius 3 is 2.41 bits per heavy atom. The van der Waals surface area contributed by atoms with Crippen LogP contribution in [0.15, 0.2) is 24.3 Å². The fourth-order valence-corrected chi connectivity index (χ4v) is 2.87. The number of nitrogens with zero attached hydrogens (tertiary/aromatic N) is 3. The normalized spacial score (nSPS) is 11.8. The van der Waals surface area contributed by atoms with E-state index in [0.29, 0.717) is 17.3 Å². The molecule has 6 nitrogen and oxygen atoms in total. The number of benzene rings is 1. The minimum Gasteiger partial charge on any atom is -0.372 e. The van der Waals surface area contributed by atoms with E-state index in [1.165, 1.54) is 0 Å². The van der Waals surface area contributed by atoms with E-state index in [4.69, 9.17) is 0 Å². The maximum atomic E-state index is 12.7. The summed E-state index contributed by atoms with van der Waals surface area (Å²) in [5, 5.41) is 6.27. The Hall–Kier alpha value is -2.63. The van der Waals surface area contributed by atoms with Crippen molar-refractivity contribution in [3.05, 3.63) is 41.3 Å². The minimum absolute atomic E-state index is 0.230. The number of hydrogen-bond acceptors (Lipinski definition) is 5. The summed E-state index contributed by atoms with van der Waals surface area (Å²) in [7, 11) is 0. The van der Waals surface area contributed by atoms with Crippen molar-refractivity contribution in [3.63, 3.8) is 0 Å². The van der Waals surface area contributed by atoms with E-state index in [-0.39, 0.29) is 11.9 Å². The van der Waals surface area contributed by atoms with Gasteiger partial charge in [0.1, 0.15) is 17.3 Å². The van der Waals surface area contributed by atoms with Crippen LogP contribution in [0.4, 0.5) is 17.2 Å². The van der Waals surface area contributed by atoms with Crippen LogP contribution in [-0.4, -0.2) is 35.0 Å². The Balaban J connectivity index is 2.19. The van der Waals surface area contributed by atoms with E-state index >= 15 is 0 Å². The molecule has 0 radical (unpaired) electrons. The van der Waals surface area contributed by atoms with Crippen molar-refractivity contribution in [2.45, 2.75) is 54.0 Å². The Morgan fingerprint density at radius 2 is 1.81 bits per heavy atom. The largest absolute Gasteiger partial charge is 0.372 e. The predicted octanol–water partition coefficient (Wildman–Crippen LogP) is 4.40. The van der Waals surface area contributed by atoms with Gasteiger partial charge in [-0.2, -0.15) is 0 Å². The summed E-state index contributed by atoms with van der Waals surface area (Å²) in [6.07, 6.45) is 0.975. The molecule has 1 unspecified atom stereocenters. The lowest BCUT2D eigenvalue weighted by Crippen LogP contribution is -2.22. The molecule has 1 amide bonds. The number of nitrogens with one attached hydrogen (secondary N) is 2. The van der Waals surface area contributed by atoms with Crippen molar-refractivity contribution in [1.29, 1.82) is 0 Å². The Bertz CT molecular complexity index is 786. The van der Waals surface area contributed by atoms with Gasteiger partial charge in [0, 0.05) is 36.6 Å². The van der Waals surface area contributed by atoms with Crippen molar-refractivity contribution in [1.82, 2.24) is 9.97 Å². The number of carbonyl (C=O) groups is 1. The van der Waals surface area contributed by atoms with Crippen LogP contribution in [0.3, 0.4) is 0 Å². The lowest BCUT2D eigenvalue weighted by molar-refractivity contribution is 0.102. The van der Waals surface area contributed by atoms with Gasteiger partial charge >= 0.3 is 0 Å². The van der Waals surface area contributed by atoms with Crippen LogP contribution >= 0.6 is 0 Å². The lowest BCUT2D eigenvalue weighted by Gasteiger charge is -2.22. The van der Waals surface area contributed by atoms with Gasteiger partial charge in [-0.25, -0.2) is 9.97 Å². The molecule has 0 saturated carbocycles. The highest BCUT2D eigenvalue weighted by atomic mass is 16.1. The Morgan fingerprint density at radius 1 is 1.11 bits per heavy atom. The van der Waals surface area contributed by atoms with Crippen LogP contribution in [0, 0.1) is 13.8 Å². The highest BCUT2D eigenvalue weighted by Crippen LogP contribution is 2.23. The summed E-state index contributed by atoms with van der Waals surface area (Å²) in [4.78, 5) is 23.7. The second kappa shape index (κ2) is 9.35. The zero-order valence-corrected chi connectivity index (χ0v) is 17.3. The van der Waals surface area contributed by atoms with Gasteiger partial charge in [0.2, 0.25) is 0 Å². The van der Waals surface area contributed by atoms with Gasteiger partial charge < -0.3 is 15.5 Å². The quantitative estimate of drug-likeness (QED) is 0.721. The first-order valence-corrected chi connectivity index (χ1v) is 9.67. The fraction of sp³-hybridized carbons (Fsp3) is 0.476. The maximum absolute atomic E-state index is 12.7. The molecule has 0 spiro atoms. The molecule has 146 valence electrons. The molecule has 2 aromatic rings. The predicted molar refractivity (Wildman–Crippen MR) is 113 cm³/mol. The Kier molecular flexibility index (Phi) is 7.16. The van der Waals surface area contributed by atoms with E-state index in [2.05, 4.69) is 59.3 Å². The molecule has 0 bridgehead atoms. The van der Waals surface area contributed by atoms with Gasteiger partial charge in [-0.05, 0) is 64.8 Å². The molecule has 2 N–H and O–H groups in total. The summed E-state index contributed by atoms with van der Waals surface area (Å²) < 4.78 is 0. The molecular formula is C21H31N5O. The monoisotopic (exact) mass is 369 g/mol. The molecular weight excluding hydrogens is 338 g/mol. The van der Waals surface area contributed by atoms with Gasteiger partial charge in [0.25, 0.3) is 5.91 Å². The van der Waals surface area contributed by atoms with Crippen LogP contribution in [0.5, 0.6) is 0 Å². The summed E-state index contributed by atoms with van der Waals surface area (Å²) in [5.41, 5.74) is 3.34. The first kappa shape index (κ1) is 20.7. The Labute approximate surface area is 162 Å². The third-order valence-electron chi connectivity index (χ3n) is 4.66. The van der Waals surface area contributed by atoms with Crippen LogP contribution in [0.1, 0.15) is 56.0 Å². The molecule has 1 heterocycles. The maximum Gasteiger partial charge on any atom is 0.274 e. The van der Waals surface area contributed by atoms with Crippen molar-refractivity contribution in [3.8, 4) is 0 Å². The molecule has 27 heavy (non-hydrogen) atoms. The number of carbonyl (C=O) groups excluding carboxylic acids is 1. The third-order valence-corrected chi connectivity index (χ3v) is 4.66. The van der Waals surface area contributed by atoms with E-state index in [1.807, 2.05) is 19.1 Å². The van der Waals surface area contributed by atoms with Crippen molar-refractivity contribution in [2.75, 3.05) is 28.6 Å². The fourth-order valence-electron chi connectivity index (χ4n) is 2.87. The van der Waals surface area contributed by atoms with Crippen molar-refractivity contribution >= 4 is 23.1 Å². The zero-order valence-electron chi connectivity index (χ0n) is 17.3. The second-order valence-electron chi connectivity index (χ2n) is 6.76. The highest BCUT2D eigenvalue weighted by Gasteiger charge is 2.13. The summed E-state index contributed by atoms with van der Waals surface area (Å²) in [6.45, 7) is 14.2. The molecule has 1 aromatic heterocycles. The molecule has 0 aliphatic carbocycles. The summed E-state index contributed by atoms with van der Waals surface area (Å²) >= 11 is 0. The van der Waals surface area contributed by atoms with Crippen molar-refractivity contribution in [2.24, 2.45) is 0 Å². The van der Waals surface area contributed by atoms with E-state index in [1.54, 1.807) is 13.0 Å². The molecule has 0 aliphatic rings. The van der Waals surface area contributed by atoms with Gasteiger partial charge in [0.05, 0.1) is 0 Å². The third kappa shape index (κ3) is 5.42. The number of anilines is 3. The number of aromatic nitrogens is 2. The zero-order chi connectivity index (χ0) is 20.0. The summed E-state index contributed by atoms with van der Waals surface area (Å²) in [6, 6.07) is 8.08. The molecule has 0 fully saturated rings. The van der Waals surface area contributed by atoms with Gasteiger partial charge in [-0.3, -0.25) is 4.79 Å². The molecule has 2 rings (SSSR count).